The minimum Gasteiger partial charge on any atom is -0.468 e. The molecule has 0 radical (unpaired) electrons. The molecule has 7 aromatic carbocycles. The molecule has 0 atom stereocenters. The number of fused-ring (bicyclic) bond motifs is 14. The van der Waals surface area contributed by atoms with Crippen LogP contribution in [-0.2, 0) is 16.2 Å². The number of aromatic nitrogens is 1. The number of nitrogens with zero attached hydrogens (tertiary/aromatic N) is 3. The number of hydrogen-bond acceptors (Lipinski definition) is 4. The summed E-state index contributed by atoms with van der Waals surface area (Å²) in [5, 5.41) is -0.167. The van der Waals surface area contributed by atoms with Crippen LogP contribution in [0.3, 0.4) is 0 Å². The summed E-state index contributed by atoms with van der Waals surface area (Å²) in [5.74, 6) is 0. The van der Waals surface area contributed by atoms with E-state index in [1.165, 1.54) is 21.3 Å². The minimum absolute atomic E-state index is 0.00368. The Hall–Kier alpha value is -6.24. The van der Waals surface area contributed by atoms with E-state index in [-0.39, 0.29) is 186 Å². The first-order valence-corrected chi connectivity index (χ1v) is 21.8. The molecule has 3 aliphatic rings. The van der Waals surface area contributed by atoms with Crippen molar-refractivity contribution < 1.29 is 31.8 Å². The van der Waals surface area contributed by atoms with Crippen LogP contribution in [0.15, 0.2) is 125 Å². The van der Waals surface area contributed by atoms with E-state index in [0.717, 1.165) is 11.3 Å². The second-order valence-corrected chi connectivity index (χ2v) is 20.9. The normalized spacial score (nSPS) is 18.9. The van der Waals surface area contributed by atoms with Crippen LogP contribution in [0.4, 0.5) is 34.1 Å². The summed E-state index contributed by atoms with van der Waals surface area (Å²) in [6, 6.07) is -8.83. The molecule has 3 aromatic heterocycles. The van der Waals surface area contributed by atoms with Crippen LogP contribution >= 0.6 is 11.3 Å². The van der Waals surface area contributed by atoms with E-state index < -0.39 is 89.4 Å². The summed E-state index contributed by atoms with van der Waals surface area (Å²) in [4.78, 5) is 2.90. The number of thiophene rings is 1. The van der Waals surface area contributed by atoms with E-state index in [9.17, 15) is 21.9 Å². The Bertz CT molecular complexity index is 4850. The Labute approximate surface area is 401 Å². The van der Waals surface area contributed by atoms with Gasteiger partial charge in [0.15, 0.2) is 0 Å². The maximum Gasteiger partial charge on any atom is 0.297 e. The van der Waals surface area contributed by atoms with Gasteiger partial charge in [-0.1, -0.05) is 117 Å². The molecule has 0 aliphatic carbocycles. The molecule has 3 aliphatic heterocycles. The van der Waals surface area contributed by atoms with Gasteiger partial charge in [-0.2, -0.15) is 0 Å². The summed E-state index contributed by atoms with van der Waals surface area (Å²) in [7, 11) is 0. The fourth-order valence-corrected chi connectivity index (χ4v) is 10.5. The molecule has 0 spiro atoms. The number of para-hydroxylation sites is 1. The van der Waals surface area contributed by atoms with Crippen molar-refractivity contribution in [3.63, 3.8) is 0 Å². The predicted octanol–water partition coefficient (Wildman–Crippen LogP) is 14.5. The minimum atomic E-state index is -1.54. The van der Waals surface area contributed by atoms with Gasteiger partial charge in [0.25, 0.3) is 6.71 Å². The SMILES string of the molecule is [2H]c1c([2H])c2c3c(c1[2H])-n1c4c([2H])c([2H])c(C(C)(C)C)c([2H])c4c4c([2H])c(C(C)(C)C)c([2H])c(c41)N3c1c([2H])c(C)c([2H])c3c1B2c1oc2c([2H])c([2H])c(C(C)(C)C)c([2H])c2c1N3c1c([2H])c([2H])c([2H])c2c1sc1c([2H])c([2H])c([2H])c([2H])c12. The third-order valence-corrected chi connectivity index (χ3v) is 13.6. The monoisotopic (exact) mass is 856 g/mol. The van der Waals surface area contributed by atoms with Crippen molar-refractivity contribution in [2.24, 2.45) is 0 Å². The largest absolute Gasteiger partial charge is 0.468 e. The molecule has 10 aromatic rings. The first-order chi connectivity index (χ1) is 38.5. The van der Waals surface area contributed by atoms with Gasteiger partial charge in [-0.05, 0) is 123 Å². The summed E-state index contributed by atoms with van der Waals surface area (Å²) >= 11 is 0.815. The van der Waals surface area contributed by atoms with Crippen LogP contribution in [0.5, 0.6) is 0 Å². The molecule has 0 saturated carbocycles. The highest BCUT2D eigenvalue weighted by Gasteiger charge is 2.49. The molecule has 0 saturated heterocycles. The fraction of sp³-hybridized carbons (Fsp3) is 0.228. The molecule has 6 heteroatoms. The van der Waals surface area contributed by atoms with E-state index in [2.05, 4.69) is 0 Å². The lowest BCUT2D eigenvalue weighted by molar-refractivity contribution is 0.590. The molecule has 13 rings (SSSR count). The average molecular weight is 856 g/mol. The lowest BCUT2D eigenvalue weighted by Gasteiger charge is -2.45. The molecule has 308 valence electrons. The van der Waals surface area contributed by atoms with Gasteiger partial charge < -0.3 is 18.8 Å². The molecular weight excluding hydrogens is 786 g/mol. The number of anilines is 6. The molecule has 4 nitrogen and oxygen atoms in total. The van der Waals surface area contributed by atoms with Gasteiger partial charge in [0.2, 0.25) is 0 Å². The van der Waals surface area contributed by atoms with Gasteiger partial charge in [-0.3, -0.25) is 0 Å². The van der Waals surface area contributed by atoms with Gasteiger partial charge in [0, 0.05) is 43.0 Å². The molecular formula is C57H50BN3OS. The maximum absolute atomic E-state index is 10.4. The van der Waals surface area contributed by atoms with Crippen molar-refractivity contribution in [2.45, 2.75) is 85.5 Å². The van der Waals surface area contributed by atoms with Gasteiger partial charge >= 0.3 is 0 Å². The van der Waals surface area contributed by atoms with Crippen molar-refractivity contribution >= 4 is 122 Å². The summed E-state index contributed by atoms with van der Waals surface area (Å²) in [6.07, 6.45) is 0. The highest BCUT2D eigenvalue weighted by Crippen LogP contribution is 2.55. The highest BCUT2D eigenvalue weighted by molar-refractivity contribution is 7.26. The molecule has 0 unspecified atom stereocenters. The second kappa shape index (κ2) is 12.1. The Balaban J connectivity index is 1.34. The lowest BCUT2D eigenvalue weighted by atomic mass is 9.35. The maximum atomic E-state index is 10.4. The third kappa shape index (κ3) is 4.93. The Morgan fingerprint density at radius 2 is 1.17 bits per heavy atom. The van der Waals surface area contributed by atoms with Crippen molar-refractivity contribution in [1.29, 1.82) is 0 Å². The van der Waals surface area contributed by atoms with E-state index in [4.69, 9.17) is 9.90 Å². The Kier molecular flexibility index (Phi) is 4.29. The zero-order valence-corrected chi connectivity index (χ0v) is 37.1. The van der Waals surface area contributed by atoms with Gasteiger partial charge in [0.05, 0.1) is 77.2 Å². The molecule has 6 heterocycles. The third-order valence-electron chi connectivity index (χ3n) is 12.5. The Morgan fingerprint density at radius 3 is 1.92 bits per heavy atom. The quantitative estimate of drug-likeness (QED) is 0.154. The van der Waals surface area contributed by atoms with Crippen molar-refractivity contribution in [3.05, 3.63) is 143 Å². The van der Waals surface area contributed by atoms with Crippen LogP contribution < -0.4 is 26.4 Å². The Morgan fingerprint density at radius 1 is 0.540 bits per heavy atom. The zero-order valence-electron chi connectivity index (χ0n) is 56.2. The van der Waals surface area contributed by atoms with Crippen LogP contribution in [0.1, 0.15) is 112 Å². The van der Waals surface area contributed by atoms with Gasteiger partial charge in [0.1, 0.15) is 5.58 Å². The van der Waals surface area contributed by atoms with E-state index in [1.54, 1.807) is 41.5 Å². The molecule has 0 bridgehead atoms. The topological polar surface area (TPSA) is 24.6 Å². The number of rotatable bonds is 1. The number of hydrogen-bond donors (Lipinski definition) is 0. The van der Waals surface area contributed by atoms with Crippen LogP contribution in [0.25, 0.3) is 58.6 Å². The summed E-state index contributed by atoms with van der Waals surface area (Å²) in [6.45, 7) is 16.1. The molecule has 0 N–H and O–H groups in total. The van der Waals surface area contributed by atoms with Crippen LogP contribution in [0.2, 0.25) is 0 Å². The van der Waals surface area contributed by atoms with Crippen molar-refractivity contribution in [2.75, 3.05) is 9.80 Å². The fourth-order valence-electron chi connectivity index (χ4n) is 9.43. The van der Waals surface area contributed by atoms with Gasteiger partial charge in [-0.25, -0.2) is 0 Å². The highest BCUT2D eigenvalue weighted by atomic mass is 32.1. The molecule has 63 heavy (non-hydrogen) atoms. The molecule has 0 fully saturated rings. The standard InChI is InChI=1S/C57H50BN3OS/c1-31-25-44-49-45(26-31)61-46-30-34(57(8,9)10)29-38-37-27-32(55(2,3)4)21-23-41(37)59(50(38)46)42-18-14-17-40(52(42)61)58(49)54-51(39-28-33(56(5,6)7)22-24-47(39)62-54)60(44)43-19-13-16-36-35-15-11-12-20-48(35)63-53(36)43/h11-30H,1-10H3/i11D,12D,13D,14D,15D,16D,17D,18D,19D,20D,21D,22D,23D,24D,25D,26D,27D,28D,29D,30D. The van der Waals surface area contributed by atoms with E-state index in [0.29, 0.717) is 0 Å². The van der Waals surface area contributed by atoms with Crippen molar-refractivity contribution in [1.82, 2.24) is 4.57 Å². The van der Waals surface area contributed by atoms with Crippen LogP contribution in [0, 0.1) is 6.92 Å². The number of benzene rings is 7. The van der Waals surface area contributed by atoms with Crippen LogP contribution in [-0.4, -0.2) is 11.3 Å². The first kappa shape index (κ1) is 22.4. The number of furan rings is 1. The summed E-state index contributed by atoms with van der Waals surface area (Å²) in [5.41, 5.74) is -3.79. The lowest BCUT2D eigenvalue weighted by Crippen LogP contribution is -2.61. The van der Waals surface area contributed by atoms with E-state index in [1.807, 2.05) is 20.8 Å². The van der Waals surface area contributed by atoms with Crippen molar-refractivity contribution in [3.8, 4) is 5.69 Å². The zero-order chi connectivity index (χ0) is 60.6. The average Bonchev–Trinajstić information content (AvgIpc) is 1.64. The summed E-state index contributed by atoms with van der Waals surface area (Å²) < 4.78 is 203. The second-order valence-electron chi connectivity index (χ2n) is 19.8. The molecule has 0 amide bonds. The first-order valence-electron chi connectivity index (χ1n) is 30.9. The van der Waals surface area contributed by atoms with Gasteiger partial charge in [-0.15, -0.1) is 11.3 Å². The van der Waals surface area contributed by atoms with E-state index >= 15 is 0 Å². The predicted molar refractivity (Wildman–Crippen MR) is 272 cm³/mol. The smallest absolute Gasteiger partial charge is 0.297 e.